The number of carbonyl (C=O) groups is 1. The third-order valence-electron chi connectivity index (χ3n) is 2.53. The first kappa shape index (κ1) is 14.6. The van der Waals surface area contributed by atoms with Crippen molar-refractivity contribution < 1.29 is 18.5 Å². The normalized spacial score (nSPS) is 15.1. The van der Waals surface area contributed by atoms with Crippen LogP contribution >= 0.6 is 22.9 Å². The smallest absolute Gasteiger partial charge is 0.299 e. The number of allylic oxidation sites excluding steroid dienone is 3. The molecule has 1 N–H and O–H groups in total. The monoisotopic (exact) mass is 320 g/mol. The average molecular weight is 321 g/mol. The van der Waals surface area contributed by atoms with Crippen molar-refractivity contribution >= 4 is 34.5 Å². The number of nitrogens with zero attached hydrogens (tertiary/aromatic N) is 1. The minimum Gasteiger partial charge on any atom is -0.317 e. The van der Waals surface area contributed by atoms with Gasteiger partial charge in [0.05, 0.1) is 4.92 Å². The van der Waals surface area contributed by atoms with Crippen LogP contribution in [0.1, 0.15) is 22.5 Å². The molecule has 1 aliphatic rings. The molecule has 1 aromatic heterocycles. The summed E-state index contributed by atoms with van der Waals surface area (Å²) in [5.74, 6) is -2.48. The molecule has 0 radical (unpaired) electrons. The van der Waals surface area contributed by atoms with E-state index in [0.29, 0.717) is 11.3 Å². The number of thiophene rings is 1. The highest BCUT2D eigenvalue weighted by Gasteiger charge is 2.24. The molecule has 1 aromatic rings. The van der Waals surface area contributed by atoms with Crippen molar-refractivity contribution in [3.05, 3.63) is 48.8 Å². The molecule has 0 unspecified atom stereocenters. The van der Waals surface area contributed by atoms with Crippen LogP contribution in [0.2, 0.25) is 4.34 Å². The van der Waals surface area contributed by atoms with Gasteiger partial charge in [-0.05, 0) is 12.5 Å². The molecule has 5 nitrogen and oxygen atoms in total. The Morgan fingerprint density at radius 3 is 2.75 bits per heavy atom. The third-order valence-corrected chi connectivity index (χ3v) is 3.86. The van der Waals surface area contributed by atoms with E-state index < -0.39 is 33.9 Å². The van der Waals surface area contributed by atoms with E-state index in [0.717, 1.165) is 12.1 Å². The van der Waals surface area contributed by atoms with Crippen LogP contribution in [0, 0.1) is 10.1 Å². The zero-order chi connectivity index (χ0) is 14.9. The molecular formula is C11H7ClF2N2O3S. The number of nitrogens with one attached hydrogen (secondary N) is 1. The first-order valence-corrected chi connectivity index (χ1v) is 6.59. The summed E-state index contributed by atoms with van der Waals surface area (Å²) in [6.07, 6.45) is 1.37. The van der Waals surface area contributed by atoms with Gasteiger partial charge in [-0.2, -0.15) is 0 Å². The summed E-state index contributed by atoms with van der Waals surface area (Å²) >= 11 is 6.28. The Balaban J connectivity index is 2.23. The van der Waals surface area contributed by atoms with Crippen molar-refractivity contribution in [2.75, 3.05) is 0 Å². The Bertz CT molecular complexity index is 654. The molecule has 0 aliphatic heterocycles. The Labute approximate surface area is 120 Å². The molecule has 1 aliphatic carbocycles. The van der Waals surface area contributed by atoms with Gasteiger partial charge < -0.3 is 5.32 Å². The van der Waals surface area contributed by atoms with Gasteiger partial charge in [-0.15, -0.1) is 11.3 Å². The topological polar surface area (TPSA) is 72.2 Å². The van der Waals surface area contributed by atoms with E-state index >= 15 is 0 Å². The van der Waals surface area contributed by atoms with E-state index in [-0.39, 0.29) is 22.1 Å². The van der Waals surface area contributed by atoms with Crippen LogP contribution in [0.25, 0.3) is 0 Å². The minimum atomic E-state index is -0.862. The number of carbonyl (C=O) groups excluding carboxylic acids is 1. The van der Waals surface area contributed by atoms with Crippen molar-refractivity contribution in [3.63, 3.8) is 0 Å². The molecule has 9 heteroatoms. The zero-order valence-electron chi connectivity index (χ0n) is 9.78. The Morgan fingerprint density at radius 2 is 2.20 bits per heavy atom. The number of hydrogen-bond acceptors (Lipinski definition) is 4. The molecule has 0 aromatic carbocycles. The fourth-order valence-electron chi connectivity index (χ4n) is 1.58. The maximum Gasteiger partial charge on any atom is 0.299 e. The second kappa shape index (κ2) is 5.68. The van der Waals surface area contributed by atoms with E-state index in [2.05, 4.69) is 5.32 Å². The first-order valence-electron chi connectivity index (χ1n) is 5.40. The Hall–Kier alpha value is -1.80. The fraction of sp³-hybridized carbons (Fsp3) is 0.182. The molecule has 1 amide bonds. The van der Waals surface area contributed by atoms with E-state index in [1.165, 1.54) is 0 Å². The van der Waals surface area contributed by atoms with Gasteiger partial charge in [0.1, 0.15) is 22.2 Å². The highest BCUT2D eigenvalue weighted by molar-refractivity contribution is 7.18. The summed E-state index contributed by atoms with van der Waals surface area (Å²) in [4.78, 5) is 21.6. The highest BCUT2D eigenvalue weighted by atomic mass is 35.5. The molecule has 0 atom stereocenters. The second-order valence-corrected chi connectivity index (χ2v) is 5.51. The van der Waals surface area contributed by atoms with Crippen molar-refractivity contribution in [1.29, 1.82) is 0 Å². The Kier molecular flexibility index (Phi) is 4.15. The van der Waals surface area contributed by atoms with Crippen molar-refractivity contribution in [2.24, 2.45) is 0 Å². The van der Waals surface area contributed by atoms with Gasteiger partial charge in [-0.3, -0.25) is 14.9 Å². The summed E-state index contributed by atoms with van der Waals surface area (Å²) in [5.41, 5.74) is -0.954. The van der Waals surface area contributed by atoms with Gasteiger partial charge in [0.25, 0.3) is 11.6 Å². The Morgan fingerprint density at radius 1 is 1.50 bits per heavy atom. The van der Waals surface area contributed by atoms with Crippen molar-refractivity contribution in [3.8, 4) is 0 Å². The van der Waals surface area contributed by atoms with Crippen LogP contribution in [0.4, 0.5) is 14.5 Å². The van der Waals surface area contributed by atoms with E-state index in [4.69, 9.17) is 11.6 Å². The van der Waals surface area contributed by atoms with Crippen LogP contribution in [0.3, 0.4) is 0 Å². The van der Waals surface area contributed by atoms with Gasteiger partial charge in [-0.1, -0.05) is 11.6 Å². The van der Waals surface area contributed by atoms with Crippen LogP contribution < -0.4 is 5.32 Å². The molecule has 2 rings (SSSR count). The lowest BCUT2D eigenvalue weighted by atomic mass is 10.1. The highest BCUT2D eigenvalue weighted by Crippen LogP contribution is 2.34. The molecule has 106 valence electrons. The summed E-state index contributed by atoms with van der Waals surface area (Å²) in [6, 6.07) is 0.964. The predicted molar refractivity (Wildman–Crippen MR) is 70.0 cm³/mol. The van der Waals surface area contributed by atoms with Crippen LogP contribution in [0.15, 0.2) is 29.5 Å². The number of hydrogen-bond donors (Lipinski definition) is 1. The number of rotatable bonds is 3. The summed E-state index contributed by atoms with van der Waals surface area (Å²) in [6.45, 7) is 0. The van der Waals surface area contributed by atoms with E-state index in [9.17, 15) is 23.7 Å². The van der Waals surface area contributed by atoms with Gasteiger partial charge in [0, 0.05) is 12.5 Å². The zero-order valence-corrected chi connectivity index (χ0v) is 11.4. The van der Waals surface area contributed by atoms with Gasteiger partial charge >= 0.3 is 0 Å². The van der Waals surface area contributed by atoms with Gasteiger partial charge in [-0.25, -0.2) is 8.78 Å². The van der Waals surface area contributed by atoms with Gasteiger partial charge in [0.15, 0.2) is 4.34 Å². The lowest BCUT2D eigenvalue weighted by molar-refractivity contribution is -0.384. The summed E-state index contributed by atoms with van der Waals surface area (Å²) in [5, 5.41) is 12.7. The molecular weight excluding hydrogens is 314 g/mol. The molecule has 0 saturated heterocycles. The largest absolute Gasteiger partial charge is 0.317 e. The maximum absolute atomic E-state index is 13.4. The van der Waals surface area contributed by atoms with Crippen molar-refractivity contribution in [2.45, 2.75) is 12.8 Å². The lowest BCUT2D eigenvalue weighted by Gasteiger charge is -2.12. The average Bonchev–Trinajstić information content (AvgIpc) is 2.76. The second-order valence-electron chi connectivity index (χ2n) is 3.85. The van der Waals surface area contributed by atoms with Crippen LogP contribution in [-0.2, 0) is 0 Å². The lowest BCUT2D eigenvalue weighted by Crippen LogP contribution is -2.24. The fourth-order valence-corrected chi connectivity index (χ4v) is 2.70. The summed E-state index contributed by atoms with van der Waals surface area (Å²) in [7, 11) is 0. The minimum absolute atomic E-state index is 0.00558. The number of nitro groups is 1. The molecule has 1 heterocycles. The van der Waals surface area contributed by atoms with E-state index in [1.807, 2.05) is 0 Å². The van der Waals surface area contributed by atoms with Gasteiger partial charge in [0.2, 0.25) is 0 Å². The van der Waals surface area contributed by atoms with Crippen LogP contribution in [0.5, 0.6) is 0 Å². The molecule has 0 fully saturated rings. The SMILES string of the molecule is O=C(NC1=C(F)CCC=C1F)c1cc([N+](=O)[O-])c(Cl)s1. The van der Waals surface area contributed by atoms with E-state index in [1.54, 1.807) is 0 Å². The molecule has 0 bridgehead atoms. The molecule has 20 heavy (non-hydrogen) atoms. The van der Waals surface area contributed by atoms with Crippen LogP contribution in [-0.4, -0.2) is 10.8 Å². The predicted octanol–water partition coefficient (Wildman–Crippen LogP) is 3.87. The van der Waals surface area contributed by atoms with Crippen molar-refractivity contribution in [1.82, 2.24) is 5.32 Å². The molecule has 0 spiro atoms. The first-order chi connectivity index (χ1) is 9.40. The molecule has 0 saturated carbocycles. The maximum atomic E-state index is 13.4. The third kappa shape index (κ3) is 2.86. The quantitative estimate of drug-likeness (QED) is 0.678. The number of halogens is 3. The number of amides is 1. The summed E-state index contributed by atoms with van der Waals surface area (Å²) < 4.78 is 26.7. The standard InChI is InChI=1S/C11H7ClF2N2O3S/c12-10-7(16(18)19)4-8(20-10)11(17)15-9-5(13)2-1-3-6(9)14/h2,4H,1,3H2,(H,15,17).